The average Bonchev–Trinajstić information content (AvgIpc) is 3.62. The quantitative estimate of drug-likeness (QED) is 0.0400. The highest BCUT2D eigenvalue weighted by Gasteiger charge is 2.34. The number of carbonyl (C=O) groups excluding carboxylic acids is 2. The zero-order chi connectivity index (χ0) is 39.3. The number of nitrogens with zero attached hydrogens (tertiary/aromatic N) is 3. The van der Waals surface area contributed by atoms with Crippen LogP contribution in [-0.2, 0) is 0 Å². The SMILES string of the molecule is CCCCCCCCCCCCCCCCCCN1C(=O)c2ccc3c4ccc5c(=O)n6c7cc8ccccc8cc7nc6c6ccc(c7ccc(c2c37)C1=O)c4c56. The van der Waals surface area contributed by atoms with Gasteiger partial charge in [-0.15, -0.1) is 0 Å². The van der Waals surface area contributed by atoms with Crippen molar-refractivity contribution in [2.45, 2.75) is 110 Å². The number of carbonyl (C=O) groups is 2. The average molecular weight is 766 g/mol. The molecule has 9 aromatic rings. The summed E-state index contributed by atoms with van der Waals surface area (Å²) in [7, 11) is 0. The van der Waals surface area contributed by atoms with Gasteiger partial charge in [0, 0.05) is 39.2 Å². The van der Waals surface area contributed by atoms with Crippen LogP contribution < -0.4 is 5.56 Å². The zero-order valence-electron chi connectivity index (χ0n) is 33.7. The van der Waals surface area contributed by atoms with Gasteiger partial charge >= 0.3 is 0 Å². The molecule has 3 heterocycles. The predicted octanol–water partition coefficient (Wildman–Crippen LogP) is 13.5. The molecule has 10 rings (SSSR count). The summed E-state index contributed by atoms with van der Waals surface area (Å²) in [6.45, 7) is 2.72. The van der Waals surface area contributed by atoms with Crippen LogP contribution in [0.5, 0.6) is 0 Å². The van der Waals surface area contributed by atoms with Gasteiger partial charge in [0.2, 0.25) is 0 Å². The van der Waals surface area contributed by atoms with Crippen molar-refractivity contribution in [2.75, 3.05) is 6.54 Å². The van der Waals surface area contributed by atoms with E-state index in [2.05, 4.69) is 43.3 Å². The van der Waals surface area contributed by atoms with Crippen LogP contribution >= 0.6 is 0 Å². The van der Waals surface area contributed by atoms with Crippen molar-refractivity contribution in [3.63, 3.8) is 0 Å². The van der Waals surface area contributed by atoms with E-state index < -0.39 is 0 Å². The zero-order valence-corrected chi connectivity index (χ0v) is 33.7. The Morgan fingerprint density at radius 1 is 0.466 bits per heavy atom. The maximum Gasteiger partial charge on any atom is 0.264 e. The molecule has 6 nitrogen and oxygen atoms in total. The Morgan fingerprint density at radius 3 is 1.48 bits per heavy atom. The molecular formula is C52H51N3O3. The van der Waals surface area contributed by atoms with E-state index in [0.29, 0.717) is 28.7 Å². The number of aromatic nitrogens is 2. The molecule has 6 heteroatoms. The summed E-state index contributed by atoms with van der Waals surface area (Å²) in [6, 6.07) is 28.4. The van der Waals surface area contributed by atoms with Gasteiger partial charge in [0.25, 0.3) is 17.4 Å². The Hall–Kier alpha value is -5.62. The molecule has 0 bridgehead atoms. The van der Waals surface area contributed by atoms with Crippen LogP contribution in [0.3, 0.4) is 0 Å². The van der Waals surface area contributed by atoms with Gasteiger partial charge in [-0.3, -0.25) is 23.7 Å². The van der Waals surface area contributed by atoms with Crippen molar-refractivity contribution in [3.8, 4) is 0 Å². The van der Waals surface area contributed by atoms with Crippen LogP contribution in [0.4, 0.5) is 0 Å². The Morgan fingerprint density at radius 2 is 0.914 bits per heavy atom. The highest BCUT2D eigenvalue weighted by Crippen LogP contribution is 2.46. The molecule has 0 atom stereocenters. The van der Waals surface area contributed by atoms with Gasteiger partial charge in [-0.25, -0.2) is 4.98 Å². The van der Waals surface area contributed by atoms with E-state index in [1.54, 1.807) is 4.40 Å². The summed E-state index contributed by atoms with van der Waals surface area (Å²) >= 11 is 0. The standard InChI is InChI=1S/C52H51N3O3/c1-2-3-4-5-6-7-8-9-10-11-12-13-14-15-16-19-30-54-50(56)40-27-23-37-35-22-26-39-47-42(29-25-36(45(35)47)38-24-28-41(51(54)57)48(40)46(37)38)52(58)55-44-32-34-21-18-17-20-33(34)31-43(44)53-49(39)55/h17-18,20-29,31-32H,2-16,19,30H2,1H3. The molecule has 292 valence electrons. The number of unbranched alkanes of at least 4 members (excludes halogenated alkanes) is 15. The van der Waals surface area contributed by atoms with Crippen molar-refractivity contribution >= 4 is 93.1 Å². The van der Waals surface area contributed by atoms with Gasteiger partial charge in [-0.1, -0.05) is 152 Å². The smallest absolute Gasteiger partial charge is 0.264 e. The van der Waals surface area contributed by atoms with Crippen LogP contribution in [0, 0.1) is 0 Å². The van der Waals surface area contributed by atoms with E-state index in [0.717, 1.165) is 89.5 Å². The fourth-order valence-corrected chi connectivity index (χ4v) is 10.3. The van der Waals surface area contributed by atoms with E-state index >= 15 is 0 Å². The van der Waals surface area contributed by atoms with Crippen LogP contribution in [0.15, 0.2) is 89.7 Å². The minimum absolute atomic E-state index is 0.0827. The molecule has 1 aliphatic heterocycles. The number of benzene rings is 7. The summed E-state index contributed by atoms with van der Waals surface area (Å²) in [4.78, 5) is 49.1. The van der Waals surface area contributed by atoms with Crippen molar-refractivity contribution in [1.82, 2.24) is 14.3 Å². The topological polar surface area (TPSA) is 71.8 Å². The maximum atomic E-state index is 14.4. The summed E-state index contributed by atoms with van der Waals surface area (Å²) in [5.41, 5.74) is 3.36. The number of pyridine rings is 1. The van der Waals surface area contributed by atoms with Gasteiger partial charge in [-0.05, 0) is 85.9 Å². The number of fused-ring (bicyclic) bond motifs is 7. The third-order valence-electron chi connectivity index (χ3n) is 13.3. The second-order valence-electron chi connectivity index (χ2n) is 17.0. The van der Waals surface area contributed by atoms with Gasteiger partial charge in [-0.2, -0.15) is 0 Å². The lowest BCUT2D eigenvalue weighted by atomic mass is 9.84. The molecular weight excluding hydrogens is 715 g/mol. The van der Waals surface area contributed by atoms with Crippen molar-refractivity contribution in [3.05, 3.63) is 106 Å². The summed E-state index contributed by atoms with van der Waals surface area (Å²) < 4.78 is 1.77. The maximum absolute atomic E-state index is 14.4. The Labute approximate surface area is 338 Å². The minimum atomic E-state index is -0.199. The van der Waals surface area contributed by atoms with Gasteiger partial charge in [0.05, 0.1) is 11.0 Å². The number of hydrogen-bond donors (Lipinski definition) is 0. The fourth-order valence-electron chi connectivity index (χ4n) is 10.3. The first-order valence-electron chi connectivity index (χ1n) is 22.1. The number of amides is 2. The van der Waals surface area contributed by atoms with Crippen molar-refractivity contribution in [1.29, 1.82) is 0 Å². The normalized spacial score (nSPS) is 13.5. The molecule has 2 aromatic heterocycles. The molecule has 58 heavy (non-hydrogen) atoms. The number of imide groups is 1. The van der Waals surface area contributed by atoms with Crippen LogP contribution in [0.2, 0.25) is 0 Å². The third kappa shape index (κ3) is 5.98. The number of rotatable bonds is 17. The molecule has 2 amide bonds. The molecule has 0 fully saturated rings. The van der Waals surface area contributed by atoms with E-state index in [9.17, 15) is 14.4 Å². The van der Waals surface area contributed by atoms with Crippen LogP contribution in [0.1, 0.15) is 130 Å². The monoisotopic (exact) mass is 765 g/mol. The number of imidazole rings is 1. The van der Waals surface area contributed by atoms with Gasteiger partial charge in [0.1, 0.15) is 5.65 Å². The molecule has 0 saturated heterocycles. The molecule has 7 aromatic carbocycles. The van der Waals surface area contributed by atoms with Gasteiger partial charge < -0.3 is 0 Å². The lowest BCUT2D eigenvalue weighted by Gasteiger charge is -2.28. The molecule has 0 aliphatic carbocycles. The minimum Gasteiger partial charge on any atom is -0.274 e. The Balaban J connectivity index is 0.878. The van der Waals surface area contributed by atoms with E-state index in [-0.39, 0.29) is 17.4 Å². The van der Waals surface area contributed by atoms with E-state index in [4.69, 9.17) is 4.98 Å². The highest BCUT2D eigenvalue weighted by atomic mass is 16.2. The van der Waals surface area contributed by atoms with Crippen LogP contribution in [0.25, 0.3) is 81.3 Å². The second kappa shape index (κ2) is 15.3. The van der Waals surface area contributed by atoms with E-state index in [1.165, 1.54) is 88.4 Å². The third-order valence-corrected chi connectivity index (χ3v) is 13.3. The molecule has 0 unspecified atom stereocenters. The summed E-state index contributed by atoms with van der Waals surface area (Å²) in [6.07, 6.45) is 20.6. The second-order valence-corrected chi connectivity index (χ2v) is 17.0. The largest absolute Gasteiger partial charge is 0.274 e. The Bertz CT molecular complexity index is 3020. The van der Waals surface area contributed by atoms with Crippen molar-refractivity contribution < 1.29 is 9.59 Å². The van der Waals surface area contributed by atoms with Crippen molar-refractivity contribution in [2.24, 2.45) is 0 Å². The lowest BCUT2D eigenvalue weighted by Crippen LogP contribution is -2.40. The molecule has 1 aliphatic rings. The number of hydrogen-bond acceptors (Lipinski definition) is 4. The first kappa shape index (κ1) is 36.7. The fraction of sp³-hybridized carbons (Fsp3) is 0.346. The first-order chi connectivity index (χ1) is 28.5. The molecule has 0 N–H and O–H groups in total. The molecule has 0 saturated carbocycles. The predicted molar refractivity (Wildman–Crippen MR) is 241 cm³/mol. The highest BCUT2D eigenvalue weighted by molar-refractivity contribution is 6.41. The lowest BCUT2D eigenvalue weighted by molar-refractivity contribution is 0.0607. The Kier molecular flexibility index (Phi) is 9.67. The summed E-state index contributed by atoms with van der Waals surface area (Å²) in [5.74, 6) is -0.397. The molecule has 0 spiro atoms. The van der Waals surface area contributed by atoms with Gasteiger partial charge in [0.15, 0.2) is 0 Å². The van der Waals surface area contributed by atoms with Crippen LogP contribution in [-0.4, -0.2) is 32.6 Å². The summed E-state index contributed by atoms with van der Waals surface area (Å²) in [5, 5.41) is 11.3. The molecule has 0 radical (unpaired) electrons. The first-order valence-corrected chi connectivity index (χ1v) is 22.1. The van der Waals surface area contributed by atoms with E-state index in [1.807, 2.05) is 48.5 Å².